The number of hydrogen-bond acceptors (Lipinski definition) is 5. The molecule has 0 bridgehead atoms. The molecule has 0 radical (unpaired) electrons. The summed E-state index contributed by atoms with van der Waals surface area (Å²) < 4.78 is 5.35. The van der Waals surface area contributed by atoms with E-state index in [1.807, 2.05) is 11.8 Å². The molecule has 5 nitrogen and oxygen atoms in total. The second-order valence-corrected chi connectivity index (χ2v) is 8.56. The number of carbonyl (C=O) groups excluding carboxylic acids is 1. The summed E-state index contributed by atoms with van der Waals surface area (Å²) in [5.41, 5.74) is 5.76. The number of amides is 1. The molecule has 132 valence electrons. The van der Waals surface area contributed by atoms with Crippen LogP contribution in [0.25, 0.3) is 0 Å². The van der Waals surface area contributed by atoms with Gasteiger partial charge in [-0.3, -0.25) is 9.69 Å². The third kappa shape index (κ3) is 4.03. The van der Waals surface area contributed by atoms with Crippen LogP contribution in [0.2, 0.25) is 0 Å². The molecule has 0 aromatic carbocycles. The van der Waals surface area contributed by atoms with Crippen LogP contribution in [0.1, 0.15) is 44.9 Å². The molecular formula is C17H31N3O2S. The zero-order chi connectivity index (χ0) is 16.2. The number of nitrogens with one attached hydrogen (secondary N) is 1. The maximum Gasteiger partial charge on any atom is 0.240 e. The fourth-order valence-electron chi connectivity index (χ4n) is 4.24. The third-order valence-corrected chi connectivity index (χ3v) is 6.82. The molecule has 0 unspecified atom stereocenters. The number of thioether (sulfide) groups is 1. The van der Waals surface area contributed by atoms with Gasteiger partial charge in [0.15, 0.2) is 0 Å². The van der Waals surface area contributed by atoms with Gasteiger partial charge in [-0.1, -0.05) is 19.3 Å². The van der Waals surface area contributed by atoms with Crippen LogP contribution in [0.3, 0.4) is 0 Å². The molecular weight excluding hydrogens is 310 g/mol. The first kappa shape index (κ1) is 17.5. The Labute approximate surface area is 144 Å². The second kappa shape index (κ2) is 7.72. The molecule has 23 heavy (non-hydrogen) atoms. The lowest BCUT2D eigenvalue weighted by Gasteiger charge is -2.48. The van der Waals surface area contributed by atoms with Crippen molar-refractivity contribution in [2.45, 2.75) is 56.0 Å². The van der Waals surface area contributed by atoms with E-state index in [9.17, 15) is 4.79 Å². The van der Waals surface area contributed by atoms with Gasteiger partial charge in [0, 0.05) is 49.9 Å². The van der Waals surface area contributed by atoms with Gasteiger partial charge >= 0.3 is 0 Å². The Bertz CT molecular complexity index is 401. The summed E-state index contributed by atoms with van der Waals surface area (Å²) in [7, 11) is 0. The van der Waals surface area contributed by atoms with Crippen LogP contribution in [0.15, 0.2) is 0 Å². The number of hydrogen-bond donors (Lipinski definition) is 2. The van der Waals surface area contributed by atoms with Crippen LogP contribution in [-0.4, -0.2) is 66.2 Å². The van der Waals surface area contributed by atoms with Gasteiger partial charge < -0.3 is 15.8 Å². The van der Waals surface area contributed by atoms with Crippen LogP contribution >= 0.6 is 11.8 Å². The van der Waals surface area contributed by atoms with Crippen molar-refractivity contribution < 1.29 is 9.53 Å². The van der Waals surface area contributed by atoms with Crippen molar-refractivity contribution in [1.82, 2.24) is 10.2 Å². The van der Waals surface area contributed by atoms with E-state index in [1.54, 1.807) is 0 Å². The first-order valence-corrected chi connectivity index (χ1v) is 10.3. The highest BCUT2D eigenvalue weighted by atomic mass is 32.2. The summed E-state index contributed by atoms with van der Waals surface area (Å²) >= 11 is 2.04. The Balaban J connectivity index is 1.63. The second-order valence-electron chi connectivity index (χ2n) is 7.34. The molecule has 0 aromatic heterocycles. The monoisotopic (exact) mass is 341 g/mol. The van der Waals surface area contributed by atoms with E-state index >= 15 is 0 Å². The molecule has 3 aliphatic rings. The maximum absolute atomic E-state index is 12.7. The van der Waals surface area contributed by atoms with E-state index in [1.165, 1.54) is 43.6 Å². The van der Waals surface area contributed by atoms with Gasteiger partial charge in [-0.25, -0.2) is 0 Å². The summed E-state index contributed by atoms with van der Waals surface area (Å²) in [5, 5.41) is 3.23. The van der Waals surface area contributed by atoms with Crippen LogP contribution in [0.5, 0.6) is 0 Å². The molecule has 1 aliphatic carbocycles. The number of nitrogens with two attached hydrogens (primary N) is 1. The van der Waals surface area contributed by atoms with Crippen LogP contribution in [0, 0.1) is 0 Å². The molecule has 0 spiro atoms. The van der Waals surface area contributed by atoms with Crippen molar-refractivity contribution in [1.29, 1.82) is 0 Å². The molecule has 6 heteroatoms. The molecule has 0 aromatic rings. The molecule has 1 amide bonds. The molecule has 3 N–H and O–H groups in total. The SMILES string of the molecule is NC1(C(=O)NCC2(N3CCSCC3)CCCCC2)CCOCC1. The summed E-state index contributed by atoms with van der Waals surface area (Å²) in [5.74, 6) is 2.46. The molecule has 1 saturated carbocycles. The molecule has 0 atom stereocenters. The van der Waals surface area contributed by atoms with Gasteiger partial charge in [-0.15, -0.1) is 0 Å². The summed E-state index contributed by atoms with van der Waals surface area (Å²) in [6, 6.07) is 0. The predicted molar refractivity (Wildman–Crippen MR) is 94.7 cm³/mol. The van der Waals surface area contributed by atoms with Crippen molar-refractivity contribution in [2.24, 2.45) is 5.73 Å². The topological polar surface area (TPSA) is 67.6 Å². The standard InChI is InChI=1S/C17H31N3O2S/c18-17(6-10-22-11-7-17)15(21)19-14-16(4-2-1-3-5-16)20-8-12-23-13-9-20/h1-14,18H2,(H,19,21). The first-order chi connectivity index (χ1) is 11.1. The van der Waals surface area contributed by atoms with Crippen LogP contribution < -0.4 is 11.1 Å². The highest BCUT2D eigenvalue weighted by Gasteiger charge is 2.41. The smallest absolute Gasteiger partial charge is 0.240 e. The molecule has 2 heterocycles. The average Bonchev–Trinajstić information content (AvgIpc) is 2.62. The van der Waals surface area contributed by atoms with Gasteiger partial charge in [0.2, 0.25) is 5.91 Å². The van der Waals surface area contributed by atoms with Gasteiger partial charge in [0.1, 0.15) is 0 Å². The van der Waals surface area contributed by atoms with E-state index in [4.69, 9.17) is 10.5 Å². The molecule has 3 fully saturated rings. The summed E-state index contributed by atoms with van der Waals surface area (Å²) in [6.45, 7) is 4.26. The Morgan fingerprint density at radius 3 is 2.39 bits per heavy atom. The maximum atomic E-state index is 12.7. The van der Waals surface area contributed by atoms with Gasteiger partial charge in [-0.05, 0) is 25.7 Å². The Morgan fingerprint density at radius 1 is 1.09 bits per heavy atom. The quantitative estimate of drug-likeness (QED) is 0.808. The number of rotatable bonds is 4. The number of ether oxygens (including phenoxy) is 1. The molecule has 2 saturated heterocycles. The van der Waals surface area contributed by atoms with Crippen molar-refractivity contribution in [3.63, 3.8) is 0 Å². The van der Waals surface area contributed by atoms with Crippen LogP contribution in [-0.2, 0) is 9.53 Å². The zero-order valence-corrected chi connectivity index (χ0v) is 15.0. The minimum atomic E-state index is -0.730. The van der Waals surface area contributed by atoms with Crippen molar-refractivity contribution in [3.8, 4) is 0 Å². The van der Waals surface area contributed by atoms with Crippen LogP contribution in [0.4, 0.5) is 0 Å². The minimum Gasteiger partial charge on any atom is -0.381 e. The Hall–Kier alpha value is -0.300. The summed E-state index contributed by atoms with van der Waals surface area (Å²) in [4.78, 5) is 15.3. The van der Waals surface area contributed by atoms with Gasteiger partial charge in [0.05, 0.1) is 5.54 Å². The van der Waals surface area contributed by atoms with Crippen molar-refractivity contribution in [2.75, 3.05) is 44.4 Å². The van der Waals surface area contributed by atoms with E-state index in [0.29, 0.717) is 26.1 Å². The Kier molecular flexibility index (Phi) is 5.88. The highest BCUT2D eigenvalue weighted by molar-refractivity contribution is 7.99. The minimum absolute atomic E-state index is 0.0251. The molecule has 3 rings (SSSR count). The van der Waals surface area contributed by atoms with Gasteiger partial charge in [0.25, 0.3) is 0 Å². The van der Waals surface area contributed by atoms with E-state index in [-0.39, 0.29) is 11.4 Å². The Morgan fingerprint density at radius 2 is 1.74 bits per heavy atom. The third-order valence-electron chi connectivity index (χ3n) is 5.88. The fourth-order valence-corrected chi connectivity index (χ4v) is 5.14. The largest absolute Gasteiger partial charge is 0.381 e. The first-order valence-electron chi connectivity index (χ1n) is 9.12. The lowest BCUT2D eigenvalue weighted by Crippen LogP contribution is -2.63. The lowest BCUT2D eigenvalue weighted by molar-refractivity contribution is -0.130. The van der Waals surface area contributed by atoms with Crippen molar-refractivity contribution >= 4 is 17.7 Å². The normalized spacial score (nSPS) is 28.2. The highest BCUT2D eigenvalue weighted by Crippen LogP contribution is 2.35. The number of carbonyl (C=O) groups is 1. The predicted octanol–water partition coefficient (Wildman–Crippen LogP) is 1.36. The van der Waals surface area contributed by atoms with Gasteiger partial charge in [-0.2, -0.15) is 11.8 Å². The van der Waals surface area contributed by atoms with E-state index in [2.05, 4.69) is 10.2 Å². The number of nitrogens with zero attached hydrogens (tertiary/aromatic N) is 1. The fraction of sp³-hybridized carbons (Fsp3) is 0.941. The van der Waals surface area contributed by atoms with E-state index in [0.717, 1.165) is 19.6 Å². The zero-order valence-electron chi connectivity index (χ0n) is 14.1. The van der Waals surface area contributed by atoms with E-state index < -0.39 is 5.54 Å². The molecule has 2 aliphatic heterocycles. The summed E-state index contributed by atoms with van der Waals surface area (Å²) in [6.07, 6.45) is 7.56. The lowest BCUT2D eigenvalue weighted by atomic mass is 9.79. The average molecular weight is 342 g/mol. The van der Waals surface area contributed by atoms with Crippen molar-refractivity contribution in [3.05, 3.63) is 0 Å².